The van der Waals surface area contributed by atoms with Crippen molar-refractivity contribution < 1.29 is 19.2 Å². The van der Waals surface area contributed by atoms with E-state index in [1.54, 1.807) is 23.9 Å². The van der Waals surface area contributed by atoms with Crippen LogP contribution < -0.4 is 5.32 Å². The smallest absolute Gasteiger partial charge is 0.331 e. The molecule has 0 aliphatic heterocycles. The van der Waals surface area contributed by atoms with Crippen molar-refractivity contribution in [3.63, 3.8) is 0 Å². The van der Waals surface area contributed by atoms with Crippen LogP contribution in [-0.4, -0.2) is 29.7 Å². The number of non-ortho nitro benzene ring substituents is 1. The van der Waals surface area contributed by atoms with Gasteiger partial charge in [0.2, 0.25) is 0 Å². The molecule has 0 bridgehead atoms. The molecule has 0 aromatic heterocycles. The van der Waals surface area contributed by atoms with E-state index in [0.29, 0.717) is 11.3 Å². The molecule has 7 nitrogen and oxygen atoms in total. The molecule has 0 atom stereocenters. The molecule has 1 N–H and O–H groups in total. The molecule has 0 unspecified atom stereocenters. The number of rotatable bonds is 7. The van der Waals surface area contributed by atoms with Crippen molar-refractivity contribution in [1.82, 2.24) is 0 Å². The fraction of sp³-hybridized carbons (Fsp3) is 0.111. The predicted octanol–water partition coefficient (Wildman–Crippen LogP) is 3.51. The van der Waals surface area contributed by atoms with Gasteiger partial charge in [-0.3, -0.25) is 14.9 Å². The lowest BCUT2D eigenvalue weighted by molar-refractivity contribution is -0.384. The van der Waals surface area contributed by atoms with Crippen LogP contribution >= 0.6 is 11.8 Å². The number of nitro groups is 1. The Morgan fingerprint density at radius 3 is 2.73 bits per heavy atom. The van der Waals surface area contributed by atoms with Crippen LogP contribution in [-0.2, 0) is 14.3 Å². The fourth-order valence-electron chi connectivity index (χ4n) is 1.99. The van der Waals surface area contributed by atoms with E-state index in [-0.39, 0.29) is 5.69 Å². The van der Waals surface area contributed by atoms with Gasteiger partial charge in [-0.15, -0.1) is 11.8 Å². The summed E-state index contributed by atoms with van der Waals surface area (Å²) in [6.45, 7) is -0.429. The van der Waals surface area contributed by atoms with Gasteiger partial charge in [-0.1, -0.05) is 18.2 Å². The number of hydrogen-bond acceptors (Lipinski definition) is 6. The summed E-state index contributed by atoms with van der Waals surface area (Å²) in [5.74, 6) is -1.18. The van der Waals surface area contributed by atoms with Gasteiger partial charge in [0.1, 0.15) is 0 Å². The van der Waals surface area contributed by atoms with Crippen LogP contribution in [0.4, 0.5) is 11.4 Å². The summed E-state index contributed by atoms with van der Waals surface area (Å²) >= 11 is 1.55. The molecule has 0 aliphatic rings. The minimum atomic E-state index is -0.718. The number of esters is 1. The van der Waals surface area contributed by atoms with Gasteiger partial charge in [0, 0.05) is 28.8 Å². The number of carbonyl (C=O) groups is 2. The summed E-state index contributed by atoms with van der Waals surface area (Å²) in [5, 5.41) is 13.3. The Morgan fingerprint density at radius 2 is 2.00 bits per heavy atom. The molecule has 0 aliphatic carbocycles. The maximum absolute atomic E-state index is 11.8. The van der Waals surface area contributed by atoms with Gasteiger partial charge in [-0.25, -0.2) is 4.79 Å². The molecule has 8 heteroatoms. The van der Waals surface area contributed by atoms with E-state index < -0.39 is 23.4 Å². The lowest BCUT2D eigenvalue weighted by Gasteiger charge is -2.06. The maximum Gasteiger partial charge on any atom is 0.331 e. The number of nitro benzene ring substituents is 1. The van der Waals surface area contributed by atoms with Crippen molar-refractivity contribution in [1.29, 1.82) is 0 Å². The van der Waals surface area contributed by atoms with E-state index >= 15 is 0 Å². The SMILES string of the molecule is CSc1cccc(NC(=O)COC(=O)/C=C/c2cccc([N+](=O)[O-])c2)c1. The van der Waals surface area contributed by atoms with Crippen LogP contribution in [0.25, 0.3) is 6.08 Å². The lowest BCUT2D eigenvalue weighted by Crippen LogP contribution is -2.20. The van der Waals surface area contributed by atoms with E-state index in [0.717, 1.165) is 11.0 Å². The molecule has 0 fully saturated rings. The summed E-state index contributed by atoms with van der Waals surface area (Å²) in [4.78, 5) is 34.7. The van der Waals surface area contributed by atoms with Crippen molar-refractivity contribution in [3.8, 4) is 0 Å². The first-order valence-corrected chi connectivity index (χ1v) is 8.73. The molecule has 0 saturated carbocycles. The Hall–Kier alpha value is -3.13. The number of nitrogens with one attached hydrogen (secondary N) is 1. The highest BCUT2D eigenvalue weighted by Gasteiger charge is 2.07. The summed E-state index contributed by atoms with van der Waals surface area (Å²) in [6, 6.07) is 13.1. The fourth-order valence-corrected chi connectivity index (χ4v) is 2.45. The number of carbonyl (C=O) groups excluding carboxylic acids is 2. The Balaban J connectivity index is 1.85. The number of thioether (sulfide) groups is 1. The minimum Gasteiger partial charge on any atom is -0.452 e. The van der Waals surface area contributed by atoms with Gasteiger partial charge < -0.3 is 10.1 Å². The number of nitrogens with zero attached hydrogens (tertiary/aromatic N) is 1. The molecular weight excluding hydrogens is 356 g/mol. The van der Waals surface area contributed by atoms with Gasteiger partial charge in [-0.2, -0.15) is 0 Å². The highest BCUT2D eigenvalue weighted by Crippen LogP contribution is 2.18. The van der Waals surface area contributed by atoms with Crippen LogP contribution in [0.5, 0.6) is 0 Å². The Morgan fingerprint density at radius 1 is 1.23 bits per heavy atom. The molecule has 2 rings (SSSR count). The maximum atomic E-state index is 11.8. The quantitative estimate of drug-likeness (QED) is 0.263. The topological polar surface area (TPSA) is 98.5 Å². The lowest BCUT2D eigenvalue weighted by atomic mass is 10.2. The third kappa shape index (κ3) is 6.06. The number of ether oxygens (including phenoxy) is 1. The van der Waals surface area contributed by atoms with E-state index in [9.17, 15) is 19.7 Å². The largest absolute Gasteiger partial charge is 0.452 e. The second-order valence-electron chi connectivity index (χ2n) is 5.07. The average molecular weight is 372 g/mol. The molecule has 2 aromatic carbocycles. The first-order valence-electron chi connectivity index (χ1n) is 7.51. The van der Waals surface area contributed by atoms with Crippen LogP contribution in [0.2, 0.25) is 0 Å². The van der Waals surface area contributed by atoms with Crippen molar-refractivity contribution >= 4 is 41.1 Å². The molecule has 0 radical (unpaired) electrons. The van der Waals surface area contributed by atoms with Gasteiger partial charge in [0.05, 0.1) is 4.92 Å². The molecule has 26 heavy (non-hydrogen) atoms. The zero-order chi connectivity index (χ0) is 18.9. The van der Waals surface area contributed by atoms with E-state index in [1.807, 2.05) is 24.5 Å². The molecular formula is C18H16N2O5S. The van der Waals surface area contributed by atoms with E-state index in [2.05, 4.69) is 5.32 Å². The monoisotopic (exact) mass is 372 g/mol. The van der Waals surface area contributed by atoms with E-state index in [4.69, 9.17) is 4.74 Å². The zero-order valence-electron chi connectivity index (χ0n) is 13.9. The Labute approximate surface area is 154 Å². The van der Waals surface area contributed by atoms with Gasteiger partial charge in [0.15, 0.2) is 6.61 Å². The third-order valence-corrected chi connectivity index (χ3v) is 3.92. The highest BCUT2D eigenvalue weighted by atomic mass is 32.2. The van der Waals surface area contributed by atoms with Gasteiger partial charge in [0.25, 0.3) is 11.6 Å². The molecule has 2 aromatic rings. The molecule has 0 spiro atoms. The third-order valence-electron chi connectivity index (χ3n) is 3.19. The second kappa shape index (κ2) is 9.38. The Kier molecular flexibility index (Phi) is 6.92. The summed E-state index contributed by atoms with van der Waals surface area (Å²) in [6.07, 6.45) is 4.42. The van der Waals surface area contributed by atoms with Crippen molar-refractivity contribution in [3.05, 3.63) is 70.3 Å². The summed E-state index contributed by atoms with van der Waals surface area (Å²) in [7, 11) is 0. The average Bonchev–Trinajstić information content (AvgIpc) is 2.65. The molecule has 134 valence electrons. The second-order valence-corrected chi connectivity index (χ2v) is 5.95. The van der Waals surface area contributed by atoms with Crippen molar-refractivity contribution in [2.45, 2.75) is 4.90 Å². The first kappa shape index (κ1) is 19.2. The minimum absolute atomic E-state index is 0.0765. The van der Waals surface area contributed by atoms with E-state index in [1.165, 1.54) is 24.3 Å². The summed E-state index contributed by atoms with van der Waals surface area (Å²) in [5.41, 5.74) is 1.02. The van der Waals surface area contributed by atoms with Crippen LogP contribution in [0.15, 0.2) is 59.5 Å². The van der Waals surface area contributed by atoms with Crippen LogP contribution in [0, 0.1) is 10.1 Å². The van der Waals surface area contributed by atoms with Gasteiger partial charge >= 0.3 is 5.97 Å². The number of benzene rings is 2. The number of amides is 1. The standard InChI is InChI=1S/C18H16N2O5S/c1-26-16-7-3-5-14(11-16)19-17(21)12-25-18(22)9-8-13-4-2-6-15(10-13)20(23)24/h2-11H,12H2,1H3,(H,19,21)/b9-8+. The number of anilines is 1. The number of hydrogen-bond donors (Lipinski definition) is 1. The van der Waals surface area contributed by atoms with Crippen molar-refractivity contribution in [2.75, 3.05) is 18.2 Å². The van der Waals surface area contributed by atoms with Gasteiger partial charge in [-0.05, 0) is 36.1 Å². The summed E-state index contributed by atoms with van der Waals surface area (Å²) < 4.78 is 4.86. The van der Waals surface area contributed by atoms with Crippen LogP contribution in [0.1, 0.15) is 5.56 Å². The molecule has 0 saturated heterocycles. The highest BCUT2D eigenvalue weighted by molar-refractivity contribution is 7.98. The Bertz CT molecular complexity index is 851. The molecule has 1 amide bonds. The van der Waals surface area contributed by atoms with Crippen molar-refractivity contribution in [2.24, 2.45) is 0 Å². The van der Waals surface area contributed by atoms with Crippen LogP contribution in [0.3, 0.4) is 0 Å². The predicted molar refractivity (Wildman–Crippen MR) is 99.9 cm³/mol. The zero-order valence-corrected chi connectivity index (χ0v) is 14.7. The first-order chi connectivity index (χ1) is 12.5. The normalized spacial score (nSPS) is 10.5. The molecule has 0 heterocycles.